The highest BCUT2D eigenvalue weighted by Gasteiger charge is 2.01. The van der Waals surface area contributed by atoms with Crippen molar-refractivity contribution in [2.45, 2.75) is 20.1 Å². The fourth-order valence-electron chi connectivity index (χ4n) is 1.26. The molecule has 0 spiro atoms. The lowest BCUT2D eigenvalue weighted by molar-refractivity contribution is 0.0918. The fourth-order valence-corrected chi connectivity index (χ4v) is 1.26. The highest BCUT2D eigenvalue weighted by molar-refractivity contribution is 5.06. The second kappa shape index (κ2) is 7.44. The second-order valence-electron chi connectivity index (χ2n) is 4.00. The van der Waals surface area contributed by atoms with Gasteiger partial charge < -0.3 is 19.4 Å². The van der Waals surface area contributed by atoms with Gasteiger partial charge in [-0.15, -0.1) is 0 Å². The van der Waals surface area contributed by atoms with Gasteiger partial charge in [-0.2, -0.15) is 0 Å². The summed E-state index contributed by atoms with van der Waals surface area (Å²) in [6.45, 7) is 6.04. The highest BCUT2D eigenvalue weighted by Crippen LogP contribution is 2.08. The van der Waals surface area contributed by atoms with Crippen LogP contribution in [0, 0.1) is 0 Å². The average Bonchev–Trinajstić information content (AvgIpc) is 2.69. The van der Waals surface area contributed by atoms with Crippen molar-refractivity contribution in [3.63, 3.8) is 0 Å². The van der Waals surface area contributed by atoms with Crippen LogP contribution in [0.25, 0.3) is 0 Å². The Hall–Kier alpha value is -0.840. The second-order valence-corrected chi connectivity index (χ2v) is 4.00. The van der Waals surface area contributed by atoms with Crippen LogP contribution < -0.4 is 5.32 Å². The number of hydrogen-bond donors (Lipinski definition) is 1. The van der Waals surface area contributed by atoms with Gasteiger partial charge in [0.1, 0.15) is 18.1 Å². The largest absolute Gasteiger partial charge is 0.462 e. The molecule has 0 bridgehead atoms. The maximum atomic E-state index is 5.59. The van der Waals surface area contributed by atoms with E-state index in [1.54, 1.807) is 0 Å². The van der Waals surface area contributed by atoms with Crippen LogP contribution in [-0.4, -0.2) is 38.7 Å². The molecule has 0 aliphatic heterocycles. The van der Waals surface area contributed by atoms with E-state index in [0.29, 0.717) is 6.61 Å². The number of ether oxygens (including phenoxy) is 1. The van der Waals surface area contributed by atoms with Crippen LogP contribution in [0.5, 0.6) is 0 Å². The zero-order chi connectivity index (χ0) is 11.8. The molecule has 1 aromatic rings. The monoisotopic (exact) mass is 226 g/mol. The van der Waals surface area contributed by atoms with Crippen LogP contribution in [0.1, 0.15) is 18.4 Å². The van der Waals surface area contributed by atoms with Crippen LogP contribution in [0.3, 0.4) is 0 Å². The third-order valence-corrected chi connectivity index (χ3v) is 2.19. The summed E-state index contributed by atoms with van der Waals surface area (Å²) in [5.74, 6) is 1.86. The average molecular weight is 226 g/mol. The van der Waals surface area contributed by atoms with Crippen LogP contribution >= 0.6 is 0 Å². The summed E-state index contributed by atoms with van der Waals surface area (Å²) in [5, 5.41) is 3.22. The zero-order valence-electron chi connectivity index (χ0n) is 10.5. The van der Waals surface area contributed by atoms with Crippen molar-refractivity contribution in [3.8, 4) is 0 Å². The molecule has 1 aromatic heterocycles. The predicted octanol–water partition coefficient (Wildman–Crippen LogP) is 1.47. The summed E-state index contributed by atoms with van der Waals surface area (Å²) in [6.07, 6.45) is 0. The molecule has 4 nitrogen and oxygen atoms in total. The van der Waals surface area contributed by atoms with Gasteiger partial charge in [0.15, 0.2) is 0 Å². The number of furan rings is 1. The zero-order valence-corrected chi connectivity index (χ0v) is 10.5. The number of rotatable bonds is 8. The van der Waals surface area contributed by atoms with Gasteiger partial charge in [0.25, 0.3) is 0 Å². The molecule has 0 unspecified atom stereocenters. The SMILES string of the molecule is CCNCc1ccc(COCCN(C)C)o1. The lowest BCUT2D eigenvalue weighted by Gasteiger charge is -2.08. The number of nitrogens with zero attached hydrogens (tertiary/aromatic N) is 1. The first kappa shape index (κ1) is 13.2. The minimum Gasteiger partial charge on any atom is -0.462 e. The van der Waals surface area contributed by atoms with Crippen molar-refractivity contribution in [3.05, 3.63) is 23.7 Å². The van der Waals surface area contributed by atoms with E-state index in [1.165, 1.54) is 0 Å². The standard InChI is InChI=1S/C12H22N2O2/c1-4-13-9-11-5-6-12(16-11)10-15-8-7-14(2)3/h5-6,13H,4,7-10H2,1-3H3. The topological polar surface area (TPSA) is 37.6 Å². The molecular weight excluding hydrogens is 204 g/mol. The lowest BCUT2D eigenvalue weighted by Crippen LogP contribution is -2.17. The van der Waals surface area contributed by atoms with Gasteiger partial charge in [-0.3, -0.25) is 0 Å². The van der Waals surface area contributed by atoms with Crippen molar-refractivity contribution in [1.82, 2.24) is 10.2 Å². The number of nitrogens with one attached hydrogen (secondary N) is 1. The molecule has 0 aliphatic carbocycles. The molecule has 1 heterocycles. The van der Waals surface area contributed by atoms with Crippen LogP contribution in [0.15, 0.2) is 16.5 Å². The molecule has 16 heavy (non-hydrogen) atoms. The molecule has 0 aromatic carbocycles. The molecule has 0 atom stereocenters. The molecule has 1 rings (SSSR count). The third-order valence-electron chi connectivity index (χ3n) is 2.19. The number of hydrogen-bond acceptors (Lipinski definition) is 4. The van der Waals surface area contributed by atoms with Gasteiger partial charge in [-0.25, -0.2) is 0 Å². The van der Waals surface area contributed by atoms with E-state index in [4.69, 9.17) is 9.15 Å². The van der Waals surface area contributed by atoms with Crippen molar-refractivity contribution < 1.29 is 9.15 Å². The highest BCUT2D eigenvalue weighted by atomic mass is 16.5. The minimum absolute atomic E-state index is 0.556. The molecular formula is C12H22N2O2. The van der Waals surface area contributed by atoms with E-state index in [1.807, 2.05) is 26.2 Å². The molecule has 0 saturated heterocycles. The molecule has 0 radical (unpaired) electrons. The predicted molar refractivity (Wildman–Crippen MR) is 64.3 cm³/mol. The summed E-state index contributed by atoms with van der Waals surface area (Å²) >= 11 is 0. The molecule has 0 saturated carbocycles. The van der Waals surface area contributed by atoms with Gasteiger partial charge in [-0.05, 0) is 32.8 Å². The Balaban J connectivity index is 2.19. The van der Waals surface area contributed by atoms with Crippen LogP contribution in [0.2, 0.25) is 0 Å². The van der Waals surface area contributed by atoms with Crippen LogP contribution in [-0.2, 0) is 17.9 Å². The molecule has 1 N–H and O–H groups in total. The molecule has 4 heteroatoms. The maximum absolute atomic E-state index is 5.59. The quantitative estimate of drug-likeness (QED) is 0.681. The maximum Gasteiger partial charge on any atom is 0.129 e. The van der Waals surface area contributed by atoms with Crippen molar-refractivity contribution >= 4 is 0 Å². The van der Waals surface area contributed by atoms with Crippen molar-refractivity contribution in [1.29, 1.82) is 0 Å². The molecule has 0 aliphatic rings. The van der Waals surface area contributed by atoms with Crippen molar-refractivity contribution in [2.75, 3.05) is 33.8 Å². The van der Waals surface area contributed by atoms with Crippen LogP contribution in [0.4, 0.5) is 0 Å². The van der Waals surface area contributed by atoms with Gasteiger partial charge in [0.05, 0.1) is 13.2 Å². The Kier molecular flexibility index (Phi) is 6.15. The first-order chi connectivity index (χ1) is 7.72. The van der Waals surface area contributed by atoms with E-state index >= 15 is 0 Å². The van der Waals surface area contributed by atoms with Gasteiger partial charge in [0.2, 0.25) is 0 Å². The fraction of sp³-hybridized carbons (Fsp3) is 0.667. The summed E-state index contributed by atoms with van der Waals surface area (Å²) < 4.78 is 11.1. The van der Waals surface area contributed by atoms with Crippen molar-refractivity contribution in [2.24, 2.45) is 0 Å². The Morgan fingerprint density at radius 3 is 2.75 bits per heavy atom. The first-order valence-electron chi connectivity index (χ1n) is 5.73. The Labute approximate surface area is 97.6 Å². The van der Waals surface area contributed by atoms with Gasteiger partial charge in [-0.1, -0.05) is 6.92 Å². The van der Waals surface area contributed by atoms with E-state index in [0.717, 1.165) is 37.8 Å². The Morgan fingerprint density at radius 2 is 2.06 bits per heavy atom. The Morgan fingerprint density at radius 1 is 1.31 bits per heavy atom. The van der Waals surface area contributed by atoms with E-state index in [2.05, 4.69) is 17.1 Å². The summed E-state index contributed by atoms with van der Waals surface area (Å²) in [5.41, 5.74) is 0. The molecule has 92 valence electrons. The molecule has 0 amide bonds. The smallest absolute Gasteiger partial charge is 0.129 e. The minimum atomic E-state index is 0.556. The first-order valence-corrected chi connectivity index (χ1v) is 5.73. The van der Waals surface area contributed by atoms with E-state index in [9.17, 15) is 0 Å². The normalized spacial score (nSPS) is 11.2. The third kappa shape index (κ3) is 5.30. The summed E-state index contributed by atoms with van der Waals surface area (Å²) in [7, 11) is 4.07. The van der Waals surface area contributed by atoms with Gasteiger partial charge in [0, 0.05) is 6.54 Å². The summed E-state index contributed by atoms with van der Waals surface area (Å²) in [6, 6.07) is 3.97. The number of likely N-dealkylation sites (N-methyl/N-ethyl adjacent to an activating group) is 1. The van der Waals surface area contributed by atoms with Gasteiger partial charge >= 0.3 is 0 Å². The van der Waals surface area contributed by atoms with E-state index in [-0.39, 0.29) is 0 Å². The summed E-state index contributed by atoms with van der Waals surface area (Å²) in [4.78, 5) is 2.10. The molecule has 0 fully saturated rings. The Bertz CT molecular complexity index is 284. The lowest BCUT2D eigenvalue weighted by atomic mass is 10.4. The van der Waals surface area contributed by atoms with E-state index < -0.39 is 0 Å².